The van der Waals surface area contributed by atoms with Gasteiger partial charge in [0.25, 0.3) is 0 Å². The van der Waals surface area contributed by atoms with Crippen molar-refractivity contribution in [2.75, 3.05) is 13.1 Å². The van der Waals surface area contributed by atoms with E-state index in [0.717, 1.165) is 12.1 Å². The number of halogens is 1. The van der Waals surface area contributed by atoms with E-state index in [4.69, 9.17) is 0 Å². The molecule has 0 amide bonds. The van der Waals surface area contributed by atoms with Crippen LogP contribution in [0.25, 0.3) is 0 Å². The Hall–Kier alpha value is -1.42. The molecule has 0 unspecified atom stereocenters. The van der Waals surface area contributed by atoms with E-state index in [0.29, 0.717) is 6.54 Å². The van der Waals surface area contributed by atoms with Gasteiger partial charge in [-0.3, -0.25) is 4.79 Å². The van der Waals surface area contributed by atoms with E-state index in [1.165, 1.54) is 0 Å². The summed E-state index contributed by atoms with van der Waals surface area (Å²) in [6.45, 7) is 1.14. The van der Waals surface area contributed by atoms with Gasteiger partial charge in [0.2, 0.25) is 0 Å². The van der Waals surface area contributed by atoms with Crippen LogP contribution in [0.2, 0.25) is 0 Å². The normalized spacial score (nSPS) is 13.4. The number of hydrogen-bond acceptors (Lipinski definition) is 3. The minimum Gasteiger partial charge on any atom is -0.351 e. The summed E-state index contributed by atoms with van der Waals surface area (Å²) in [6.07, 6.45) is 5.36. The van der Waals surface area contributed by atoms with Gasteiger partial charge in [-0.15, -0.1) is 17.0 Å². The minimum atomic E-state index is 0. The van der Waals surface area contributed by atoms with Crippen LogP contribution in [-0.4, -0.2) is 30.1 Å². The number of benzene rings is 1. The molecule has 0 aliphatic carbocycles. The van der Waals surface area contributed by atoms with E-state index in [1.807, 2.05) is 41.3 Å². The lowest BCUT2D eigenvalue weighted by atomic mass is 10.1. The number of carbonyl (C=O) groups is 1. The summed E-state index contributed by atoms with van der Waals surface area (Å²) in [5, 5.41) is 0. The van der Waals surface area contributed by atoms with Crippen LogP contribution in [0.15, 0.2) is 47.6 Å². The molecule has 1 aliphatic rings. The highest BCUT2D eigenvalue weighted by Crippen LogP contribution is 2.02. The largest absolute Gasteiger partial charge is 0.351 e. The van der Waals surface area contributed by atoms with Crippen LogP contribution >= 0.6 is 17.0 Å². The average molecular weight is 281 g/mol. The van der Waals surface area contributed by atoms with Crippen LogP contribution in [0, 0.1) is 0 Å². The number of Topliss-reactive ketones (excluding diaryl/α,β-unsaturated/α-hetero) is 1. The van der Waals surface area contributed by atoms with E-state index >= 15 is 0 Å². The second kappa shape index (κ2) is 6.23. The second-order valence-electron chi connectivity index (χ2n) is 3.37. The van der Waals surface area contributed by atoms with Crippen molar-refractivity contribution in [2.24, 2.45) is 4.99 Å². The highest BCUT2D eigenvalue weighted by atomic mass is 79.9. The predicted molar refractivity (Wildman–Crippen MR) is 70.3 cm³/mol. The first-order valence-electron chi connectivity index (χ1n) is 4.87. The monoisotopic (exact) mass is 280 g/mol. The molecule has 1 aliphatic heterocycles. The van der Waals surface area contributed by atoms with E-state index < -0.39 is 0 Å². The van der Waals surface area contributed by atoms with Crippen molar-refractivity contribution in [3.05, 3.63) is 48.2 Å². The Labute approximate surface area is 105 Å². The first kappa shape index (κ1) is 12.6. The molecule has 1 heterocycles. The molecule has 84 valence electrons. The quantitative estimate of drug-likeness (QED) is 0.796. The zero-order chi connectivity index (χ0) is 10.5. The van der Waals surface area contributed by atoms with Crippen LogP contribution in [-0.2, 0) is 0 Å². The third-order valence-corrected chi connectivity index (χ3v) is 2.20. The summed E-state index contributed by atoms with van der Waals surface area (Å²) in [7, 11) is 0. The molecule has 0 fully saturated rings. The number of rotatable bonds is 3. The minimum absolute atomic E-state index is 0. The first-order chi connectivity index (χ1) is 7.36. The molecule has 1 aromatic rings. The number of hydrogen-bond donors (Lipinski definition) is 0. The van der Waals surface area contributed by atoms with Crippen LogP contribution in [0.5, 0.6) is 0 Å². The van der Waals surface area contributed by atoms with Gasteiger partial charge in [0.1, 0.15) is 0 Å². The highest BCUT2D eigenvalue weighted by molar-refractivity contribution is 8.93. The maximum absolute atomic E-state index is 11.8. The first-order valence-corrected chi connectivity index (χ1v) is 4.87. The van der Waals surface area contributed by atoms with Crippen LogP contribution in [0.1, 0.15) is 10.4 Å². The number of ketones is 1. The SMILES string of the molecule is Br.O=C(CN1C=NC=CC1)c1ccccc1. The molecule has 0 aromatic heterocycles. The molecule has 0 saturated heterocycles. The third kappa shape index (κ3) is 3.31. The molecule has 3 nitrogen and oxygen atoms in total. The molecule has 2 rings (SSSR count). The van der Waals surface area contributed by atoms with Gasteiger partial charge in [-0.1, -0.05) is 30.3 Å². The molecule has 0 bridgehead atoms. The van der Waals surface area contributed by atoms with Crippen LogP contribution in [0.3, 0.4) is 0 Å². The van der Waals surface area contributed by atoms with E-state index in [-0.39, 0.29) is 22.8 Å². The fourth-order valence-corrected chi connectivity index (χ4v) is 1.43. The summed E-state index contributed by atoms with van der Waals surface area (Å²) in [5.74, 6) is 0.123. The van der Waals surface area contributed by atoms with E-state index in [2.05, 4.69) is 4.99 Å². The highest BCUT2D eigenvalue weighted by Gasteiger charge is 2.09. The van der Waals surface area contributed by atoms with Crippen molar-refractivity contribution in [1.82, 2.24) is 4.90 Å². The topological polar surface area (TPSA) is 32.7 Å². The zero-order valence-electron chi connectivity index (χ0n) is 8.74. The summed E-state index contributed by atoms with van der Waals surface area (Å²) in [4.78, 5) is 17.6. The number of carbonyl (C=O) groups excluding carboxylic acids is 1. The Balaban J connectivity index is 0.00000128. The van der Waals surface area contributed by atoms with Gasteiger partial charge < -0.3 is 4.90 Å². The lowest BCUT2D eigenvalue weighted by molar-refractivity contribution is 0.0967. The molecule has 0 saturated carbocycles. The maximum Gasteiger partial charge on any atom is 0.182 e. The van der Waals surface area contributed by atoms with Crippen LogP contribution in [0.4, 0.5) is 0 Å². The smallest absolute Gasteiger partial charge is 0.182 e. The molecule has 0 radical (unpaired) electrons. The molecule has 0 spiro atoms. The molecule has 0 atom stereocenters. The van der Waals surface area contributed by atoms with Gasteiger partial charge in [-0.05, 0) is 6.08 Å². The van der Waals surface area contributed by atoms with Crippen molar-refractivity contribution < 1.29 is 4.79 Å². The standard InChI is InChI=1S/C12H12N2O.BrH/c15-12(11-5-2-1-3-6-11)9-14-8-4-7-13-10-14;/h1-7,10H,8-9H2;1H. The molecule has 16 heavy (non-hydrogen) atoms. The number of nitrogens with zero attached hydrogens (tertiary/aromatic N) is 2. The van der Waals surface area contributed by atoms with Crippen molar-refractivity contribution in [2.45, 2.75) is 0 Å². The van der Waals surface area contributed by atoms with E-state index in [1.54, 1.807) is 12.5 Å². The maximum atomic E-state index is 11.8. The van der Waals surface area contributed by atoms with Crippen molar-refractivity contribution in [3.63, 3.8) is 0 Å². The Morgan fingerprint density at radius 2 is 2.06 bits per heavy atom. The van der Waals surface area contributed by atoms with Crippen molar-refractivity contribution in [3.8, 4) is 0 Å². The summed E-state index contributed by atoms with van der Waals surface area (Å²) in [5.41, 5.74) is 0.750. The third-order valence-electron chi connectivity index (χ3n) is 2.20. The van der Waals surface area contributed by atoms with E-state index in [9.17, 15) is 4.79 Å². The molecular weight excluding hydrogens is 268 g/mol. The second-order valence-corrected chi connectivity index (χ2v) is 3.37. The lowest BCUT2D eigenvalue weighted by Gasteiger charge is -2.18. The Kier molecular flexibility index (Phi) is 4.92. The van der Waals surface area contributed by atoms with Gasteiger partial charge in [0.05, 0.1) is 12.9 Å². The summed E-state index contributed by atoms with van der Waals surface area (Å²) in [6, 6.07) is 9.31. The van der Waals surface area contributed by atoms with Gasteiger partial charge >= 0.3 is 0 Å². The van der Waals surface area contributed by atoms with Crippen LogP contribution < -0.4 is 0 Å². The fourth-order valence-electron chi connectivity index (χ4n) is 1.43. The van der Waals surface area contributed by atoms with Gasteiger partial charge in [-0.2, -0.15) is 0 Å². The average Bonchev–Trinajstić information content (AvgIpc) is 2.31. The molecular formula is C12H13BrN2O. The molecule has 1 aromatic carbocycles. The Morgan fingerprint density at radius 3 is 2.69 bits per heavy atom. The Morgan fingerprint density at radius 1 is 1.31 bits per heavy atom. The van der Waals surface area contributed by atoms with Gasteiger partial charge in [-0.25, -0.2) is 4.99 Å². The Bertz CT molecular complexity index is 401. The van der Waals surface area contributed by atoms with Gasteiger partial charge in [0, 0.05) is 18.3 Å². The lowest BCUT2D eigenvalue weighted by Crippen LogP contribution is -2.30. The fraction of sp³-hybridized carbons (Fsp3) is 0.167. The zero-order valence-corrected chi connectivity index (χ0v) is 10.5. The molecule has 4 heteroatoms. The molecule has 0 N–H and O–H groups in total. The predicted octanol–water partition coefficient (Wildman–Crippen LogP) is 2.30. The number of aliphatic imine (C=N–C) groups is 1. The summed E-state index contributed by atoms with van der Waals surface area (Å²) >= 11 is 0. The van der Waals surface area contributed by atoms with Gasteiger partial charge in [0.15, 0.2) is 5.78 Å². The summed E-state index contributed by atoms with van der Waals surface area (Å²) < 4.78 is 0. The van der Waals surface area contributed by atoms with Crippen molar-refractivity contribution >= 4 is 29.1 Å². The van der Waals surface area contributed by atoms with Crippen molar-refractivity contribution in [1.29, 1.82) is 0 Å².